The van der Waals surface area contributed by atoms with Crippen molar-refractivity contribution in [2.24, 2.45) is 20.5 Å². The van der Waals surface area contributed by atoms with Gasteiger partial charge < -0.3 is 15.4 Å². The van der Waals surface area contributed by atoms with E-state index in [0.717, 1.165) is 6.07 Å². The normalized spacial score (nSPS) is 12.0. The summed E-state index contributed by atoms with van der Waals surface area (Å²) in [5, 5.41) is 27.8. The van der Waals surface area contributed by atoms with Gasteiger partial charge in [0.1, 0.15) is 26.4 Å². The van der Waals surface area contributed by atoms with Gasteiger partial charge in [-0.15, -0.1) is 15.3 Å². The van der Waals surface area contributed by atoms with Gasteiger partial charge in [-0.1, -0.05) is 47.7 Å². The molecule has 0 atom stereocenters. The van der Waals surface area contributed by atoms with Gasteiger partial charge in [-0.25, -0.2) is 8.42 Å². The minimum absolute atomic E-state index is 0. The van der Waals surface area contributed by atoms with Crippen LogP contribution < -0.4 is 70.0 Å². The van der Waals surface area contributed by atoms with E-state index in [2.05, 4.69) is 20.5 Å². The third kappa shape index (κ3) is 7.42. The van der Waals surface area contributed by atoms with Crippen LogP contribution in [0.5, 0.6) is 5.75 Å². The molecule has 0 unspecified atom stereocenters. The molecule has 0 amide bonds. The SMILES string of the molecule is Nc1c(N=Nc2ccccc2Cl)c(S(=O)(=O)[O-])cc2cc(S(=O)(=O)O)c(N=Nc3ccccc3)c([O-])c12.[Na+].[Na+]. The predicted molar refractivity (Wildman–Crippen MR) is 132 cm³/mol. The molecule has 0 fully saturated rings. The maximum absolute atomic E-state index is 13.3. The molecule has 4 aromatic carbocycles. The van der Waals surface area contributed by atoms with Crippen molar-refractivity contribution in [3.8, 4) is 5.75 Å². The number of nitrogens with two attached hydrogens (primary N) is 1. The van der Waals surface area contributed by atoms with Crippen molar-refractivity contribution in [2.45, 2.75) is 9.79 Å². The minimum Gasteiger partial charge on any atom is -0.870 e. The number of nitrogens with zero attached hydrogens (tertiary/aromatic N) is 4. The molecule has 0 bridgehead atoms. The Kier molecular flexibility index (Phi) is 11.2. The average Bonchev–Trinajstić information content (AvgIpc) is 2.82. The van der Waals surface area contributed by atoms with Crippen molar-refractivity contribution in [3.05, 3.63) is 71.8 Å². The van der Waals surface area contributed by atoms with Gasteiger partial charge in [0.15, 0.2) is 0 Å². The molecule has 3 N–H and O–H groups in total. The van der Waals surface area contributed by atoms with Gasteiger partial charge in [0, 0.05) is 5.39 Å². The number of hydrogen-bond donors (Lipinski definition) is 2. The fourth-order valence-corrected chi connectivity index (χ4v) is 4.81. The number of anilines is 1. The van der Waals surface area contributed by atoms with Crippen LogP contribution in [0.15, 0.2) is 97.0 Å². The molecule has 0 aliphatic heterocycles. The number of halogens is 1. The van der Waals surface area contributed by atoms with Crippen LogP contribution in [-0.4, -0.2) is 25.9 Å². The van der Waals surface area contributed by atoms with E-state index in [-0.39, 0.29) is 80.9 Å². The van der Waals surface area contributed by atoms with E-state index in [1.54, 1.807) is 30.3 Å². The first kappa shape index (κ1) is 33.3. The molecule has 12 nitrogen and oxygen atoms in total. The molecular weight excluding hydrogens is 592 g/mol. The van der Waals surface area contributed by atoms with Crippen molar-refractivity contribution < 1.29 is 90.2 Å². The summed E-state index contributed by atoms with van der Waals surface area (Å²) in [5.74, 6) is -1.12. The molecule has 0 heterocycles. The quantitative estimate of drug-likeness (QED) is 0.122. The van der Waals surface area contributed by atoms with Crippen molar-refractivity contribution >= 4 is 71.0 Å². The number of benzene rings is 4. The van der Waals surface area contributed by atoms with Crippen molar-refractivity contribution in [2.75, 3.05) is 5.73 Å². The van der Waals surface area contributed by atoms with Gasteiger partial charge >= 0.3 is 59.1 Å². The van der Waals surface area contributed by atoms with Crippen molar-refractivity contribution in [1.82, 2.24) is 0 Å². The molecule has 17 heteroatoms. The van der Waals surface area contributed by atoms with E-state index in [4.69, 9.17) is 17.3 Å². The molecule has 39 heavy (non-hydrogen) atoms. The molecule has 0 radical (unpaired) electrons. The van der Waals surface area contributed by atoms with Crippen LogP contribution in [0.2, 0.25) is 5.02 Å². The van der Waals surface area contributed by atoms with Crippen molar-refractivity contribution in [3.63, 3.8) is 0 Å². The number of azo groups is 2. The zero-order valence-corrected chi connectivity index (χ0v) is 26.7. The average molecular weight is 606 g/mol. The third-order valence-corrected chi connectivity index (χ3v) is 7.01. The van der Waals surface area contributed by atoms with Crippen LogP contribution in [0.3, 0.4) is 0 Å². The van der Waals surface area contributed by atoms with Crippen LogP contribution >= 0.6 is 11.6 Å². The Balaban J connectivity index is 0.00000267. The van der Waals surface area contributed by atoms with E-state index in [9.17, 15) is 31.0 Å². The summed E-state index contributed by atoms with van der Waals surface area (Å²) in [5.41, 5.74) is 4.41. The zero-order chi connectivity index (χ0) is 27.0. The first-order valence-electron chi connectivity index (χ1n) is 10.0. The Morgan fingerprint density at radius 1 is 0.795 bits per heavy atom. The number of fused-ring (bicyclic) bond motifs is 1. The minimum atomic E-state index is -5.25. The second-order valence-corrected chi connectivity index (χ2v) is 10.5. The van der Waals surface area contributed by atoms with E-state index in [1.807, 2.05) is 0 Å². The summed E-state index contributed by atoms with van der Waals surface area (Å²) < 4.78 is 69.8. The standard InChI is InChI=1S/C22H16ClN5O7S2.2Na/c23-14-8-4-5-9-15(14)26-27-20-16(36(30,31)32)10-12-11-17(37(33,34)35)21(22(29)18(12)19(20)24)28-25-13-6-2-1-3-7-13;;/h1-11,29H,24H2,(H,30,31,32)(H,33,34,35);;/q;2*+1/p-2. The largest absolute Gasteiger partial charge is 1.00 e. The van der Waals surface area contributed by atoms with E-state index < -0.39 is 58.2 Å². The molecule has 4 rings (SSSR count). The Hall–Kier alpha value is -1.95. The summed E-state index contributed by atoms with van der Waals surface area (Å²) in [6, 6.07) is 15.6. The molecule has 0 aliphatic rings. The molecule has 0 spiro atoms. The van der Waals surface area contributed by atoms with Gasteiger partial charge in [-0.05, 0) is 41.8 Å². The van der Waals surface area contributed by atoms with E-state index >= 15 is 0 Å². The molecule has 190 valence electrons. The first-order valence-corrected chi connectivity index (χ1v) is 13.3. The van der Waals surface area contributed by atoms with Crippen LogP contribution in [-0.2, 0) is 20.2 Å². The smallest absolute Gasteiger partial charge is 0.870 e. The maximum atomic E-state index is 13.3. The van der Waals surface area contributed by atoms with Crippen LogP contribution in [0.25, 0.3) is 10.8 Å². The molecule has 0 saturated carbocycles. The van der Waals surface area contributed by atoms with Crippen LogP contribution in [0.1, 0.15) is 0 Å². The Morgan fingerprint density at radius 2 is 1.36 bits per heavy atom. The van der Waals surface area contributed by atoms with Crippen molar-refractivity contribution in [1.29, 1.82) is 0 Å². The maximum Gasteiger partial charge on any atom is 1.00 e. The van der Waals surface area contributed by atoms with Gasteiger partial charge in [-0.2, -0.15) is 13.5 Å². The van der Waals surface area contributed by atoms with Gasteiger partial charge in [0.2, 0.25) is 0 Å². The van der Waals surface area contributed by atoms with Gasteiger partial charge in [0.25, 0.3) is 10.1 Å². The van der Waals surface area contributed by atoms with E-state index in [1.165, 1.54) is 24.3 Å². The van der Waals surface area contributed by atoms with Crippen LogP contribution in [0, 0.1) is 0 Å². The van der Waals surface area contributed by atoms with Crippen LogP contribution in [0.4, 0.5) is 28.4 Å². The number of rotatable bonds is 6. The summed E-state index contributed by atoms with van der Waals surface area (Å²) in [4.78, 5) is -1.95. The summed E-state index contributed by atoms with van der Waals surface area (Å²) in [7, 11) is -10.3. The Morgan fingerprint density at radius 3 is 1.95 bits per heavy atom. The Bertz CT molecular complexity index is 1820. The summed E-state index contributed by atoms with van der Waals surface area (Å²) >= 11 is 6.03. The topological polar surface area (TPSA) is 210 Å². The van der Waals surface area contributed by atoms with E-state index in [0.29, 0.717) is 6.07 Å². The molecular formula is C22H14ClN5Na2O7S2. The number of hydrogen-bond acceptors (Lipinski definition) is 11. The fraction of sp³-hybridized carbons (Fsp3) is 0. The monoisotopic (exact) mass is 605 g/mol. The zero-order valence-electron chi connectivity index (χ0n) is 20.3. The second-order valence-electron chi connectivity index (χ2n) is 7.40. The second kappa shape index (κ2) is 13.1. The van der Waals surface area contributed by atoms with Gasteiger partial charge in [-0.3, -0.25) is 4.55 Å². The summed E-state index contributed by atoms with van der Waals surface area (Å²) in [6.07, 6.45) is 0. The van der Waals surface area contributed by atoms with Gasteiger partial charge in [0.05, 0.1) is 27.0 Å². The first-order chi connectivity index (χ1) is 17.4. The Labute approximate surface area is 272 Å². The molecule has 0 aromatic heterocycles. The fourth-order valence-electron chi connectivity index (χ4n) is 3.32. The predicted octanol–water partition coefficient (Wildman–Crippen LogP) is -0.861. The molecule has 0 saturated heterocycles. The summed E-state index contributed by atoms with van der Waals surface area (Å²) in [6.45, 7) is 0. The third-order valence-electron chi connectivity index (χ3n) is 4.97. The number of nitrogen functional groups attached to an aromatic ring is 1. The molecule has 0 aliphatic carbocycles. The molecule has 4 aromatic rings.